The maximum atomic E-state index is 13.3. The topological polar surface area (TPSA) is 64.2 Å². The van der Waals surface area contributed by atoms with Crippen molar-refractivity contribution < 1.29 is 0 Å². The van der Waals surface area contributed by atoms with E-state index in [0.29, 0.717) is 11.2 Å². The molecule has 0 fully saturated rings. The standard InChI is InChI=1S/C23H19N5O/c1-2-21-25-26-23-27(22(29)19-10-6-7-11-20(19)28(21)23)18-14-12-17(13-15-18)24-16-8-4-3-5-9-16/h3-15,24H,2H2,1H3. The van der Waals surface area contributed by atoms with E-state index in [1.807, 2.05) is 90.2 Å². The number of nitrogens with zero attached hydrogens (tertiary/aromatic N) is 4. The van der Waals surface area contributed by atoms with Crippen LogP contribution in [0.5, 0.6) is 0 Å². The van der Waals surface area contributed by atoms with Gasteiger partial charge < -0.3 is 5.32 Å². The molecular weight excluding hydrogens is 362 g/mol. The Morgan fingerprint density at radius 1 is 0.828 bits per heavy atom. The summed E-state index contributed by atoms with van der Waals surface area (Å²) in [5.41, 5.74) is 3.43. The summed E-state index contributed by atoms with van der Waals surface area (Å²) < 4.78 is 3.59. The summed E-state index contributed by atoms with van der Waals surface area (Å²) in [6, 6.07) is 25.3. The van der Waals surface area contributed by atoms with Gasteiger partial charge in [-0.3, -0.25) is 9.20 Å². The molecule has 0 unspecified atom stereocenters. The largest absolute Gasteiger partial charge is 0.356 e. The zero-order valence-electron chi connectivity index (χ0n) is 15.9. The zero-order valence-corrected chi connectivity index (χ0v) is 15.9. The molecule has 29 heavy (non-hydrogen) atoms. The molecule has 6 heteroatoms. The highest BCUT2D eigenvalue weighted by Crippen LogP contribution is 2.21. The summed E-state index contributed by atoms with van der Waals surface area (Å²) in [4.78, 5) is 13.3. The van der Waals surface area contributed by atoms with Crippen LogP contribution in [0.25, 0.3) is 22.4 Å². The molecule has 0 aliphatic carbocycles. The van der Waals surface area contributed by atoms with Crippen LogP contribution >= 0.6 is 0 Å². The maximum absolute atomic E-state index is 13.3. The lowest BCUT2D eigenvalue weighted by Gasteiger charge is -2.12. The van der Waals surface area contributed by atoms with Crippen LogP contribution in [0.15, 0.2) is 83.7 Å². The highest BCUT2D eigenvalue weighted by molar-refractivity contribution is 5.81. The number of aryl methyl sites for hydroxylation is 1. The second-order valence-corrected chi connectivity index (χ2v) is 6.80. The molecule has 1 N–H and O–H groups in total. The van der Waals surface area contributed by atoms with Gasteiger partial charge in [0.2, 0.25) is 5.78 Å². The number of fused-ring (bicyclic) bond motifs is 3. The number of aromatic nitrogens is 4. The van der Waals surface area contributed by atoms with Gasteiger partial charge in [0, 0.05) is 17.8 Å². The fourth-order valence-electron chi connectivity index (χ4n) is 3.60. The lowest BCUT2D eigenvalue weighted by atomic mass is 10.2. The minimum Gasteiger partial charge on any atom is -0.356 e. The minimum absolute atomic E-state index is 0.105. The van der Waals surface area contributed by atoms with E-state index < -0.39 is 0 Å². The Hall–Kier alpha value is -3.93. The summed E-state index contributed by atoms with van der Waals surface area (Å²) in [6.45, 7) is 2.03. The second-order valence-electron chi connectivity index (χ2n) is 6.80. The van der Waals surface area contributed by atoms with Crippen molar-refractivity contribution in [3.05, 3.63) is 95.0 Å². The lowest BCUT2D eigenvalue weighted by molar-refractivity contribution is 0.917. The van der Waals surface area contributed by atoms with E-state index in [2.05, 4.69) is 15.5 Å². The first-order valence-corrected chi connectivity index (χ1v) is 9.56. The highest BCUT2D eigenvalue weighted by Gasteiger charge is 2.16. The molecule has 2 heterocycles. The molecule has 0 aliphatic rings. The normalized spacial score (nSPS) is 11.2. The van der Waals surface area contributed by atoms with Crippen molar-refractivity contribution in [2.24, 2.45) is 0 Å². The molecule has 0 radical (unpaired) electrons. The van der Waals surface area contributed by atoms with Gasteiger partial charge in [-0.15, -0.1) is 10.2 Å². The van der Waals surface area contributed by atoms with Crippen LogP contribution in [-0.4, -0.2) is 19.2 Å². The van der Waals surface area contributed by atoms with Gasteiger partial charge in [-0.2, -0.15) is 0 Å². The number of hydrogen-bond acceptors (Lipinski definition) is 4. The van der Waals surface area contributed by atoms with Crippen molar-refractivity contribution >= 4 is 28.1 Å². The number of nitrogens with one attached hydrogen (secondary N) is 1. The van der Waals surface area contributed by atoms with Crippen molar-refractivity contribution in [1.82, 2.24) is 19.2 Å². The van der Waals surface area contributed by atoms with E-state index in [1.165, 1.54) is 0 Å². The predicted octanol–water partition coefficient (Wildman–Crippen LogP) is 4.34. The quantitative estimate of drug-likeness (QED) is 0.503. The molecular formula is C23H19N5O. The van der Waals surface area contributed by atoms with Crippen LogP contribution < -0.4 is 10.9 Å². The van der Waals surface area contributed by atoms with E-state index in [-0.39, 0.29) is 5.56 Å². The molecule has 0 atom stereocenters. The van der Waals surface area contributed by atoms with E-state index in [0.717, 1.165) is 34.8 Å². The monoisotopic (exact) mass is 381 g/mol. The van der Waals surface area contributed by atoms with Gasteiger partial charge in [-0.25, -0.2) is 4.57 Å². The zero-order chi connectivity index (χ0) is 19.8. The van der Waals surface area contributed by atoms with Crippen molar-refractivity contribution in [3.8, 4) is 5.69 Å². The van der Waals surface area contributed by atoms with E-state index in [9.17, 15) is 4.79 Å². The minimum atomic E-state index is -0.105. The van der Waals surface area contributed by atoms with Crippen molar-refractivity contribution in [1.29, 1.82) is 0 Å². The molecule has 0 saturated carbocycles. The first-order chi connectivity index (χ1) is 14.3. The van der Waals surface area contributed by atoms with Crippen LogP contribution in [0.4, 0.5) is 11.4 Å². The summed E-state index contributed by atoms with van der Waals surface area (Å²) in [5.74, 6) is 1.35. The molecule has 6 nitrogen and oxygen atoms in total. The number of hydrogen-bond donors (Lipinski definition) is 1. The Labute approximate surface area is 167 Å². The fourth-order valence-corrected chi connectivity index (χ4v) is 3.60. The van der Waals surface area contributed by atoms with Crippen LogP contribution in [0, 0.1) is 0 Å². The van der Waals surface area contributed by atoms with Crippen molar-refractivity contribution in [3.63, 3.8) is 0 Å². The van der Waals surface area contributed by atoms with E-state index in [4.69, 9.17) is 0 Å². The summed E-state index contributed by atoms with van der Waals surface area (Å²) in [6.07, 6.45) is 0.725. The first kappa shape index (κ1) is 17.2. The van der Waals surface area contributed by atoms with Gasteiger partial charge in [0.1, 0.15) is 5.82 Å². The van der Waals surface area contributed by atoms with Crippen molar-refractivity contribution in [2.75, 3.05) is 5.32 Å². The molecule has 3 aromatic carbocycles. The first-order valence-electron chi connectivity index (χ1n) is 9.56. The lowest BCUT2D eigenvalue weighted by Crippen LogP contribution is -2.22. The maximum Gasteiger partial charge on any atom is 0.267 e. The second kappa shape index (κ2) is 6.91. The summed E-state index contributed by atoms with van der Waals surface area (Å²) in [5, 5.41) is 12.6. The smallest absolute Gasteiger partial charge is 0.267 e. The summed E-state index contributed by atoms with van der Waals surface area (Å²) in [7, 11) is 0. The number of benzene rings is 3. The molecule has 0 saturated heterocycles. The van der Waals surface area contributed by atoms with Gasteiger partial charge in [-0.05, 0) is 48.5 Å². The van der Waals surface area contributed by atoms with Gasteiger partial charge in [0.25, 0.3) is 5.56 Å². The molecule has 0 bridgehead atoms. The van der Waals surface area contributed by atoms with Crippen LogP contribution in [-0.2, 0) is 6.42 Å². The Kier molecular flexibility index (Phi) is 4.09. The molecule has 5 rings (SSSR count). The molecule has 142 valence electrons. The molecule has 0 aliphatic heterocycles. The van der Waals surface area contributed by atoms with E-state index in [1.54, 1.807) is 4.57 Å². The van der Waals surface area contributed by atoms with Gasteiger partial charge in [0.05, 0.1) is 16.6 Å². The van der Waals surface area contributed by atoms with Crippen LogP contribution in [0.2, 0.25) is 0 Å². The number of rotatable bonds is 4. The van der Waals surface area contributed by atoms with Crippen LogP contribution in [0.3, 0.4) is 0 Å². The third-order valence-electron chi connectivity index (χ3n) is 5.00. The number of anilines is 2. The Morgan fingerprint density at radius 2 is 1.52 bits per heavy atom. The van der Waals surface area contributed by atoms with Gasteiger partial charge in [0.15, 0.2) is 0 Å². The highest BCUT2D eigenvalue weighted by atomic mass is 16.1. The van der Waals surface area contributed by atoms with Crippen molar-refractivity contribution in [2.45, 2.75) is 13.3 Å². The predicted molar refractivity (Wildman–Crippen MR) is 115 cm³/mol. The molecule has 5 aromatic rings. The average molecular weight is 381 g/mol. The van der Waals surface area contributed by atoms with Gasteiger partial charge in [-0.1, -0.05) is 37.3 Å². The molecule has 0 amide bonds. The Morgan fingerprint density at radius 3 is 2.28 bits per heavy atom. The third kappa shape index (κ3) is 2.86. The van der Waals surface area contributed by atoms with E-state index >= 15 is 0 Å². The summed E-state index contributed by atoms with van der Waals surface area (Å²) >= 11 is 0. The fraction of sp³-hybridized carbons (Fsp3) is 0.0870. The number of para-hydroxylation sites is 2. The average Bonchev–Trinajstić information content (AvgIpc) is 3.20. The van der Waals surface area contributed by atoms with Gasteiger partial charge >= 0.3 is 0 Å². The Balaban J connectivity index is 1.67. The third-order valence-corrected chi connectivity index (χ3v) is 5.00. The SMILES string of the molecule is CCc1nnc2n(-c3ccc(Nc4ccccc4)cc3)c(=O)c3ccccc3n12. The molecule has 2 aromatic heterocycles. The Bertz CT molecular complexity index is 1370. The van der Waals surface area contributed by atoms with Crippen LogP contribution in [0.1, 0.15) is 12.7 Å². The molecule has 0 spiro atoms.